The molecule has 1 aliphatic heterocycles. The molecule has 1 atom stereocenters. The van der Waals surface area contributed by atoms with Crippen molar-refractivity contribution in [1.82, 2.24) is 4.31 Å². The van der Waals surface area contributed by atoms with Crippen LogP contribution in [-0.4, -0.2) is 31.2 Å². The molecule has 1 amide bonds. The smallest absolute Gasteiger partial charge is 0.243 e. The topological polar surface area (TPSA) is 66.5 Å². The number of anilines is 1. The Labute approximate surface area is 161 Å². The number of hydrogen-bond donors (Lipinski definition) is 1. The quantitative estimate of drug-likeness (QED) is 0.827. The average molecular weight is 415 g/mol. The summed E-state index contributed by atoms with van der Waals surface area (Å²) < 4.78 is 54.1. The Morgan fingerprint density at radius 2 is 1.81 bits per heavy atom. The lowest BCUT2D eigenvalue weighted by Gasteiger charge is -2.33. The summed E-state index contributed by atoms with van der Waals surface area (Å²) in [6.45, 7) is 0.161. The summed E-state index contributed by atoms with van der Waals surface area (Å²) in [6.07, 6.45) is 1.54. The van der Waals surface area contributed by atoms with Crippen molar-refractivity contribution in [3.05, 3.63) is 59.1 Å². The second-order valence-electron chi connectivity index (χ2n) is 6.19. The minimum Gasteiger partial charge on any atom is -0.322 e. The van der Waals surface area contributed by atoms with Crippen molar-refractivity contribution in [2.24, 2.45) is 0 Å². The van der Waals surface area contributed by atoms with Crippen molar-refractivity contribution in [1.29, 1.82) is 0 Å². The minimum absolute atomic E-state index is 0.0172. The van der Waals surface area contributed by atoms with Crippen molar-refractivity contribution >= 4 is 33.2 Å². The lowest BCUT2D eigenvalue weighted by molar-refractivity contribution is -0.120. The number of carbonyl (C=O) groups excluding carboxylic acids is 1. The van der Waals surface area contributed by atoms with E-state index in [2.05, 4.69) is 5.32 Å². The van der Waals surface area contributed by atoms with E-state index in [1.165, 1.54) is 24.3 Å². The van der Waals surface area contributed by atoms with E-state index in [1.807, 2.05) is 0 Å². The van der Waals surface area contributed by atoms with Gasteiger partial charge in [-0.15, -0.1) is 0 Å². The van der Waals surface area contributed by atoms with Crippen LogP contribution in [0.3, 0.4) is 0 Å². The molecule has 0 aromatic heterocycles. The van der Waals surface area contributed by atoms with Gasteiger partial charge in [0.15, 0.2) is 0 Å². The van der Waals surface area contributed by atoms with E-state index in [4.69, 9.17) is 11.6 Å². The molecule has 144 valence electrons. The third-order valence-corrected chi connectivity index (χ3v) is 6.54. The largest absolute Gasteiger partial charge is 0.322 e. The molecule has 0 radical (unpaired) electrons. The van der Waals surface area contributed by atoms with Gasteiger partial charge < -0.3 is 5.32 Å². The van der Waals surface area contributed by atoms with E-state index in [-0.39, 0.29) is 23.5 Å². The molecule has 0 bridgehead atoms. The number of carbonyl (C=O) groups is 1. The maximum absolute atomic E-state index is 13.8. The van der Waals surface area contributed by atoms with Gasteiger partial charge in [-0.05, 0) is 49.2 Å². The van der Waals surface area contributed by atoms with Crippen molar-refractivity contribution in [2.75, 3.05) is 11.9 Å². The van der Waals surface area contributed by atoms with E-state index >= 15 is 0 Å². The summed E-state index contributed by atoms with van der Waals surface area (Å²) in [7, 11) is -3.94. The van der Waals surface area contributed by atoms with Gasteiger partial charge in [-0.1, -0.05) is 18.0 Å². The maximum atomic E-state index is 13.8. The predicted molar refractivity (Wildman–Crippen MR) is 98.0 cm³/mol. The molecule has 2 aromatic carbocycles. The summed E-state index contributed by atoms with van der Waals surface area (Å²) in [5.41, 5.74) is -0.325. The molecule has 1 heterocycles. The van der Waals surface area contributed by atoms with E-state index in [9.17, 15) is 22.0 Å². The molecule has 3 rings (SSSR count). The fourth-order valence-corrected chi connectivity index (χ4v) is 4.79. The number of piperidine rings is 1. The van der Waals surface area contributed by atoms with Crippen LogP contribution in [0.4, 0.5) is 14.5 Å². The molecule has 0 unspecified atom stereocenters. The lowest BCUT2D eigenvalue weighted by atomic mass is 10.0. The molecule has 1 aliphatic rings. The van der Waals surface area contributed by atoms with Crippen LogP contribution in [0.25, 0.3) is 0 Å². The minimum atomic E-state index is -3.94. The SMILES string of the molecule is O=C(Nc1cc(F)ccc1F)[C@H]1CCCCN1S(=O)(=O)c1ccc(Cl)cc1. The van der Waals surface area contributed by atoms with Crippen LogP contribution in [0, 0.1) is 11.6 Å². The number of amides is 1. The molecule has 27 heavy (non-hydrogen) atoms. The highest BCUT2D eigenvalue weighted by Gasteiger charge is 2.37. The first kappa shape index (κ1) is 19.7. The highest BCUT2D eigenvalue weighted by atomic mass is 35.5. The molecule has 0 spiro atoms. The third kappa shape index (κ3) is 4.28. The zero-order chi connectivity index (χ0) is 19.6. The van der Waals surface area contributed by atoms with Gasteiger partial charge in [0.25, 0.3) is 0 Å². The molecular formula is C18H17ClF2N2O3S. The number of sulfonamides is 1. The van der Waals surface area contributed by atoms with Gasteiger partial charge in [-0.2, -0.15) is 4.31 Å². The van der Waals surface area contributed by atoms with Gasteiger partial charge in [-0.25, -0.2) is 17.2 Å². The third-order valence-electron chi connectivity index (χ3n) is 4.36. The van der Waals surface area contributed by atoms with Gasteiger partial charge in [0.05, 0.1) is 10.6 Å². The zero-order valence-corrected chi connectivity index (χ0v) is 15.7. The van der Waals surface area contributed by atoms with Gasteiger partial charge in [0, 0.05) is 17.6 Å². The van der Waals surface area contributed by atoms with E-state index in [0.717, 1.165) is 22.5 Å². The van der Waals surface area contributed by atoms with Gasteiger partial charge in [-0.3, -0.25) is 4.79 Å². The first-order valence-corrected chi connectivity index (χ1v) is 10.1. The first-order valence-electron chi connectivity index (χ1n) is 8.32. The molecule has 9 heteroatoms. The normalized spacial score (nSPS) is 18.3. The molecule has 5 nitrogen and oxygen atoms in total. The van der Waals surface area contributed by atoms with Crippen LogP contribution in [0.15, 0.2) is 47.4 Å². The Morgan fingerprint density at radius 1 is 1.11 bits per heavy atom. The fourth-order valence-electron chi connectivity index (χ4n) is 3.01. The molecule has 0 saturated carbocycles. The van der Waals surface area contributed by atoms with Crippen LogP contribution in [0.2, 0.25) is 5.02 Å². The Balaban J connectivity index is 1.87. The van der Waals surface area contributed by atoms with E-state index in [0.29, 0.717) is 17.9 Å². The summed E-state index contributed by atoms with van der Waals surface area (Å²) >= 11 is 5.81. The number of nitrogens with zero attached hydrogens (tertiary/aromatic N) is 1. The Kier molecular flexibility index (Phi) is 5.78. The van der Waals surface area contributed by atoms with Crippen molar-refractivity contribution < 1.29 is 22.0 Å². The predicted octanol–water partition coefficient (Wildman–Crippen LogP) is 3.80. The molecule has 1 N–H and O–H groups in total. The van der Waals surface area contributed by atoms with E-state index in [1.54, 1.807) is 0 Å². The summed E-state index contributed by atoms with van der Waals surface area (Å²) in [5, 5.41) is 2.69. The maximum Gasteiger partial charge on any atom is 0.243 e. The average Bonchev–Trinajstić information content (AvgIpc) is 2.65. The van der Waals surface area contributed by atoms with Crippen LogP contribution in [-0.2, 0) is 14.8 Å². The highest BCUT2D eigenvalue weighted by Crippen LogP contribution is 2.27. The van der Waals surface area contributed by atoms with Gasteiger partial charge in [0.1, 0.15) is 17.7 Å². The number of halogens is 3. The number of hydrogen-bond acceptors (Lipinski definition) is 3. The Morgan fingerprint density at radius 3 is 2.52 bits per heavy atom. The van der Waals surface area contributed by atoms with Gasteiger partial charge >= 0.3 is 0 Å². The van der Waals surface area contributed by atoms with Crippen LogP contribution in [0.5, 0.6) is 0 Å². The number of nitrogens with one attached hydrogen (secondary N) is 1. The number of benzene rings is 2. The highest BCUT2D eigenvalue weighted by molar-refractivity contribution is 7.89. The van der Waals surface area contributed by atoms with Crippen molar-refractivity contribution in [2.45, 2.75) is 30.2 Å². The second kappa shape index (κ2) is 7.92. The molecular weight excluding hydrogens is 398 g/mol. The monoisotopic (exact) mass is 414 g/mol. The Bertz CT molecular complexity index is 952. The molecule has 1 saturated heterocycles. The van der Waals surface area contributed by atoms with Crippen LogP contribution < -0.4 is 5.32 Å². The molecule has 0 aliphatic carbocycles. The standard InChI is InChI=1S/C18H17ClF2N2O3S/c19-12-4-7-14(8-5-12)27(25,26)23-10-2-1-3-17(23)18(24)22-16-11-13(20)6-9-15(16)21/h4-9,11,17H,1-3,10H2,(H,22,24)/t17-/m1/s1. The number of rotatable bonds is 4. The molecule has 1 fully saturated rings. The summed E-state index contributed by atoms with van der Waals surface area (Å²) in [4.78, 5) is 12.7. The zero-order valence-electron chi connectivity index (χ0n) is 14.2. The van der Waals surface area contributed by atoms with Gasteiger partial charge in [0.2, 0.25) is 15.9 Å². The summed E-state index contributed by atoms with van der Waals surface area (Å²) in [5.74, 6) is -2.20. The summed E-state index contributed by atoms with van der Waals surface area (Å²) in [6, 6.07) is 7.32. The first-order chi connectivity index (χ1) is 12.8. The second-order valence-corrected chi connectivity index (χ2v) is 8.52. The van der Waals surface area contributed by atoms with E-state index < -0.39 is 33.6 Å². The van der Waals surface area contributed by atoms with Crippen molar-refractivity contribution in [3.8, 4) is 0 Å². The molecule has 2 aromatic rings. The van der Waals surface area contributed by atoms with Crippen molar-refractivity contribution in [3.63, 3.8) is 0 Å². The Hall–Kier alpha value is -2.03. The van der Waals surface area contributed by atoms with Crippen LogP contribution in [0.1, 0.15) is 19.3 Å². The van der Waals surface area contributed by atoms with Crippen LogP contribution >= 0.6 is 11.6 Å². The fraction of sp³-hybridized carbons (Fsp3) is 0.278. The lowest BCUT2D eigenvalue weighted by Crippen LogP contribution is -2.49.